The van der Waals surface area contributed by atoms with E-state index in [2.05, 4.69) is 18.7 Å². The third kappa shape index (κ3) is 3.70. The molecule has 2 atom stereocenters. The second-order valence-electron chi connectivity index (χ2n) is 7.82. The average molecular weight is 393 g/mol. The molecule has 0 unspecified atom stereocenters. The van der Waals surface area contributed by atoms with Gasteiger partial charge in [0.05, 0.1) is 11.7 Å². The molecule has 2 aromatic heterocycles. The Hall–Kier alpha value is -2.93. The van der Waals surface area contributed by atoms with E-state index in [1.165, 1.54) is 0 Å². The quantitative estimate of drug-likeness (QED) is 0.722. The summed E-state index contributed by atoms with van der Waals surface area (Å²) in [6.45, 7) is 5.88. The van der Waals surface area contributed by atoms with Gasteiger partial charge in [0.15, 0.2) is 5.65 Å². The fraction of sp³-hybridized carbons (Fsp3) is 0.409. The Morgan fingerprint density at radius 3 is 2.76 bits per heavy atom. The first kappa shape index (κ1) is 19.4. The minimum absolute atomic E-state index is 0.00890. The highest BCUT2D eigenvalue weighted by molar-refractivity contribution is 5.94. The van der Waals surface area contributed by atoms with Gasteiger partial charge in [0, 0.05) is 49.6 Å². The second-order valence-corrected chi connectivity index (χ2v) is 7.82. The highest BCUT2D eigenvalue weighted by Gasteiger charge is 2.25. The van der Waals surface area contributed by atoms with Gasteiger partial charge >= 0.3 is 0 Å². The molecule has 4 rings (SSSR count). The van der Waals surface area contributed by atoms with E-state index in [-0.39, 0.29) is 18.0 Å². The minimum atomic E-state index is -0.117. The third-order valence-corrected chi connectivity index (χ3v) is 5.68. The van der Waals surface area contributed by atoms with E-state index in [4.69, 9.17) is 15.8 Å². The van der Waals surface area contributed by atoms with Crippen molar-refractivity contribution in [2.45, 2.75) is 38.8 Å². The Morgan fingerprint density at radius 2 is 2.10 bits per heavy atom. The van der Waals surface area contributed by atoms with Crippen molar-refractivity contribution in [3.63, 3.8) is 0 Å². The number of fused-ring (bicyclic) bond motifs is 1. The summed E-state index contributed by atoms with van der Waals surface area (Å²) in [5, 5.41) is 4.74. The number of hydrogen-bond donors (Lipinski definition) is 1. The molecule has 1 fully saturated rings. The van der Waals surface area contributed by atoms with E-state index < -0.39 is 0 Å². The smallest absolute Gasteiger partial charge is 0.254 e. The minimum Gasteiger partial charge on any atom is -0.355 e. The van der Waals surface area contributed by atoms with Crippen LogP contribution in [-0.2, 0) is 0 Å². The Morgan fingerprint density at radius 1 is 1.34 bits per heavy atom. The van der Waals surface area contributed by atoms with Crippen LogP contribution in [0.2, 0.25) is 0 Å². The highest BCUT2D eigenvalue weighted by Crippen LogP contribution is 2.27. The van der Waals surface area contributed by atoms with Crippen molar-refractivity contribution < 1.29 is 4.79 Å². The fourth-order valence-corrected chi connectivity index (χ4v) is 4.09. The number of hydrogen-bond acceptors (Lipinski definition) is 5. The van der Waals surface area contributed by atoms with Crippen molar-refractivity contribution >= 4 is 17.4 Å². The number of nitrogens with zero attached hydrogens (tertiary/aromatic N) is 5. The van der Waals surface area contributed by atoms with Crippen LogP contribution in [0, 0.1) is 6.92 Å². The van der Waals surface area contributed by atoms with Crippen LogP contribution in [0.15, 0.2) is 42.6 Å². The SMILES string of the molecule is CC[C@@H](c1cc2nc(N3CC[C@H](N)C3)c(C)cn2n1)N(C)C(=O)c1ccccc1. The van der Waals surface area contributed by atoms with E-state index >= 15 is 0 Å². The lowest BCUT2D eigenvalue weighted by Crippen LogP contribution is -2.31. The molecule has 1 amide bonds. The molecule has 29 heavy (non-hydrogen) atoms. The van der Waals surface area contributed by atoms with Crippen LogP contribution in [0.3, 0.4) is 0 Å². The van der Waals surface area contributed by atoms with Crippen molar-refractivity contribution in [2.75, 3.05) is 25.0 Å². The van der Waals surface area contributed by atoms with Crippen LogP contribution < -0.4 is 10.6 Å². The molecule has 0 radical (unpaired) electrons. The summed E-state index contributed by atoms with van der Waals surface area (Å²) in [5.41, 5.74) is 9.46. The number of rotatable bonds is 5. The zero-order valence-corrected chi connectivity index (χ0v) is 17.2. The fourth-order valence-electron chi connectivity index (χ4n) is 4.09. The first-order valence-electron chi connectivity index (χ1n) is 10.2. The van der Waals surface area contributed by atoms with Crippen molar-refractivity contribution in [3.05, 3.63) is 59.4 Å². The van der Waals surface area contributed by atoms with Gasteiger partial charge in [0.1, 0.15) is 5.82 Å². The number of nitrogens with two attached hydrogens (primary N) is 1. The molecule has 1 aliphatic heterocycles. The number of carbonyl (C=O) groups excluding carboxylic acids is 1. The molecule has 0 spiro atoms. The Bertz CT molecular complexity index is 1010. The summed E-state index contributed by atoms with van der Waals surface area (Å²) in [6.07, 6.45) is 3.77. The van der Waals surface area contributed by atoms with Gasteiger partial charge in [-0.3, -0.25) is 4.79 Å². The Balaban J connectivity index is 1.64. The van der Waals surface area contributed by atoms with Gasteiger partial charge in [-0.05, 0) is 31.9 Å². The molecule has 152 valence electrons. The lowest BCUT2D eigenvalue weighted by Gasteiger charge is -2.25. The van der Waals surface area contributed by atoms with Crippen LogP contribution in [0.25, 0.3) is 5.65 Å². The number of aryl methyl sites for hydroxylation is 1. The second kappa shape index (κ2) is 7.83. The molecule has 1 aromatic carbocycles. The van der Waals surface area contributed by atoms with Gasteiger partial charge in [-0.1, -0.05) is 25.1 Å². The maximum Gasteiger partial charge on any atom is 0.254 e. The summed E-state index contributed by atoms with van der Waals surface area (Å²) < 4.78 is 1.81. The molecular weight excluding hydrogens is 364 g/mol. The highest BCUT2D eigenvalue weighted by atomic mass is 16.2. The van der Waals surface area contributed by atoms with Crippen LogP contribution >= 0.6 is 0 Å². The van der Waals surface area contributed by atoms with E-state index in [1.54, 1.807) is 4.90 Å². The molecule has 1 saturated heterocycles. The lowest BCUT2D eigenvalue weighted by atomic mass is 10.1. The predicted molar refractivity (Wildman–Crippen MR) is 114 cm³/mol. The zero-order valence-electron chi connectivity index (χ0n) is 17.2. The molecule has 0 bridgehead atoms. The summed E-state index contributed by atoms with van der Waals surface area (Å²) in [5.74, 6) is 0.962. The predicted octanol–water partition coefficient (Wildman–Crippen LogP) is 2.80. The van der Waals surface area contributed by atoms with E-state index in [9.17, 15) is 4.79 Å². The monoisotopic (exact) mass is 392 g/mol. The Kier molecular flexibility index (Phi) is 5.24. The van der Waals surface area contributed by atoms with Crippen LogP contribution in [0.4, 0.5) is 5.82 Å². The molecule has 0 aliphatic carbocycles. The first-order valence-corrected chi connectivity index (χ1v) is 10.2. The number of carbonyl (C=O) groups is 1. The van der Waals surface area contributed by atoms with Crippen molar-refractivity contribution in [2.24, 2.45) is 5.73 Å². The van der Waals surface area contributed by atoms with Gasteiger partial charge in [0.2, 0.25) is 0 Å². The molecule has 3 aromatic rings. The normalized spacial score (nSPS) is 17.7. The number of benzene rings is 1. The van der Waals surface area contributed by atoms with Gasteiger partial charge in [-0.25, -0.2) is 9.50 Å². The summed E-state index contributed by atoms with van der Waals surface area (Å²) in [4.78, 5) is 21.8. The standard InChI is InChI=1S/C22H28N6O/c1-4-19(26(3)22(29)16-8-6-5-7-9-16)18-12-20-24-21(15(2)13-28(20)25-18)27-11-10-17(23)14-27/h5-9,12-13,17,19H,4,10-11,14,23H2,1-3H3/t17-,19-/m0/s1. The summed E-state index contributed by atoms with van der Waals surface area (Å²) >= 11 is 0. The Labute approximate surface area is 171 Å². The first-order chi connectivity index (χ1) is 14.0. The molecule has 7 nitrogen and oxygen atoms in total. The maximum atomic E-state index is 12.9. The van der Waals surface area contributed by atoms with Gasteiger partial charge in [0.25, 0.3) is 5.91 Å². The molecule has 1 aliphatic rings. The van der Waals surface area contributed by atoms with Crippen LogP contribution in [0.5, 0.6) is 0 Å². The zero-order chi connectivity index (χ0) is 20.5. The van der Waals surface area contributed by atoms with E-state index in [1.807, 2.05) is 54.2 Å². The molecular formula is C22H28N6O. The van der Waals surface area contributed by atoms with Gasteiger partial charge in [-0.15, -0.1) is 0 Å². The summed E-state index contributed by atoms with van der Waals surface area (Å²) in [7, 11) is 1.84. The number of aromatic nitrogens is 3. The van der Waals surface area contributed by atoms with E-state index in [0.717, 1.165) is 48.7 Å². The third-order valence-electron chi connectivity index (χ3n) is 5.68. The molecule has 7 heteroatoms. The molecule has 3 heterocycles. The molecule has 2 N–H and O–H groups in total. The van der Waals surface area contributed by atoms with Crippen LogP contribution in [0.1, 0.15) is 47.4 Å². The van der Waals surface area contributed by atoms with E-state index in [0.29, 0.717) is 5.56 Å². The average Bonchev–Trinajstić information content (AvgIpc) is 3.33. The molecule has 0 saturated carbocycles. The topological polar surface area (TPSA) is 79.8 Å². The number of amides is 1. The maximum absolute atomic E-state index is 12.9. The largest absolute Gasteiger partial charge is 0.355 e. The van der Waals surface area contributed by atoms with Gasteiger partial charge in [-0.2, -0.15) is 5.10 Å². The van der Waals surface area contributed by atoms with Gasteiger partial charge < -0.3 is 15.5 Å². The number of anilines is 1. The van der Waals surface area contributed by atoms with Crippen molar-refractivity contribution in [1.82, 2.24) is 19.5 Å². The summed E-state index contributed by atoms with van der Waals surface area (Å²) in [6, 6.07) is 11.4. The van der Waals surface area contributed by atoms with Crippen molar-refractivity contribution in [1.29, 1.82) is 0 Å². The lowest BCUT2D eigenvalue weighted by molar-refractivity contribution is 0.0722. The van der Waals surface area contributed by atoms with Crippen molar-refractivity contribution in [3.8, 4) is 0 Å². The van der Waals surface area contributed by atoms with Crippen LogP contribution in [-0.4, -0.2) is 51.6 Å².